The number of hydrogen-bond donors (Lipinski definition) is 1. The standard InChI is InChI=1S/C12H15N3O2S/c1-2-18-15-6-9(7-15)13-12(16)10-5-11(17-14-10)8-3-4-8/h2,5,8-9H,1,3-4,6-7H2,(H,13,16). The molecule has 0 atom stereocenters. The number of nitrogens with one attached hydrogen (secondary N) is 1. The van der Waals surface area contributed by atoms with Gasteiger partial charge in [-0.3, -0.25) is 4.79 Å². The fourth-order valence-electron chi connectivity index (χ4n) is 1.94. The first-order valence-electron chi connectivity index (χ1n) is 6.06. The molecule has 5 nitrogen and oxygen atoms in total. The molecule has 1 aromatic rings. The zero-order valence-corrected chi connectivity index (χ0v) is 10.8. The molecule has 2 aliphatic rings. The number of carbonyl (C=O) groups excluding carboxylic acids is 1. The molecule has 0 radical (unpaired) electrons. The summed E-state index contributed by atoms with van der Waals surface area (Å²) in [5, 5.41) is 8.55. The van der Waals surface area contributed by atoms with Crippen molar-refractivity contribution < 1.29 is 9.32 Å². The monoisotopic (exact) mass is 265 g/mol. The molecular weight excluding hydrogens is 250 g/mol. The maximum Gasteiger partial charge on any atom is 0.273 e. The second-order valence-corrected chi connectivity index (χ2v) is 5.74. The maximum atomic E-state index is 11.9. The van der Waals surface area contributed by atoms with Crippen LogP contribution in [0.2, 0.25) is 0 Å². The van der Waals surface area contributed by atoms with E-state index in [4.69, 9.17) is 4.52 Å². The fraction of sp³-hybridized carbons (Fsp3) is 0.500. The topological polar surface area (TPSA) is 58.4 Å². The third-order valence-electron chi connectivity index (χ3n) is 3.15. The second kappa shape index (κ2) is 4.78. The van der Waals surface area contributed by atoms with E-state index in [2.05, 4.69) is 21.4 Å². The summed E-state index contributed by atoms with van der Waals surface area (Å²) in [6, 6.07) is 1.97. The molecule has 6 heteroatoms. The van der Waals surface area contributed by atoms with Crippen molar-refractivity contribution in [3.63, 3.8) is 0 Å². The van der Waals surface area contributed by atoms with Crippen LogP contribution in [-0.2, 0) is 0 Å². The molecule has 0 spiro atoms. The summed E-state index contributed by atoms with van der Waals surface area (Å²) in [4.78, 5) is 11.9. The number of amides is 1. The average molecular weight is 265 g/mol. The lowest BCUT2D eigenvalue weighted by Gasteiger charge is -2.37. The minimum atomic E-state index is -0.140. The van der Waals surface area contributed by atoms with E-state index in [9.17, 15) is 4.79 Å². The maximum absolute atomic E-state index is 11.9. The minimum absolute atomic E-state index is 0.140. The average Bonchev–Trinajstić information content (AvgIpc) is 3.04. The van der Waals surface area contributed by atoms with Crippen LogP contribution >= 0.6 is 11.9 Å². The molecule has 1 aliphatic carbocycles. The third kappa shape index (κ3) is 2.44. The molecule has 0 bridgehead atoms. The molecule has 1 amide bonds. The Kier molecular flexibility index (Phi) is 3.13. The lowest BCUT2D eigenvalue weighted by atomic mass is 10.1. The SMILES string of the molecule is C=CSN1CC(NC(=O)c2cc(C3CC3)on2)C1. The molecule has 1 N–H and O–H groups in total. The molecule has 2 heterocycles. The van der Waals surface area contributed by atoms with Crippen LogP contribution in [0.3, 0.4) is 0 Å². The molecule has 0 aromatic carbocycles. The minimum Gasteiger partial charge on any atom is -0.360 e. The van der Waals surface area contributed by atoms with Gasteiger partial charge in [0.2, 0.25) is 0 Å². The smallest absolute Gasteiger partial charge is 0.273 e. The molecule has 0 unspecified atom stereocenters. The summed E-state index contributed by atoms with van der Waals surface area (Å²) in [7, 11) is 0. The first-order valence-corrected chi connectivity index (χ1v) is 6.90. The van der Waals surface area contributed by atoms with E-state index >= 15 is 0 Å². The quantitative estimate of drug-likeness (QED) is 0.822. The van der Waals surface area contributed by atoms with Crippen molar-refractivity contribution in [3.05, 3.63) is 29.5 Å². The second-order valence-electron chi connectivity index (χ2n) is 4.68. The van der Waals surface area contributed by atoms with Gasteiger partial charge in [-0.1, -0.05) is 23.7 Å². The Morgan fingerprint density at radius 2 is 2.39 bits per heavy atom. The zero-order chi connectivity index (χ0) is 12.5. The van der Waals surface area contributed by atoms with Crippen molar-refractivity contribution in [2.45, 2.75) is 24.8 Å². The lowest BCUT2D eigenvalue weighted by Crippen LogP contribution is -2.56. The Bertz CT molecular complexity index is 464. The van der Waals surface area contributed by atoms with E-state index in [1.54, 1.807) is 23.4 Å². The van der Waals surface area contributed by atoms with E-state index in [0.717, 1.165) is 31.7 Å². The Morgan fingerprint density at radius 3 is 3.06 bits per heavy atom. The predicted molar refractivity (Wildman–Crippen MR) is 69.1 cm³/mol. The number of nitrogens with zero attached hydrogens (tertiary/aromatic N) is 2. The van der Waals surface area contributed by atoms with Gasteiger partial charge in [0, 0.05) is 25.1 Å². The van der Waals surface area contributed by atoms with Crippen LogP contribution in [0.25, 0.3) is 0 Å². The number of carbonyl (C=O) groups is 1. The molecule has 1 aliphatic heterocycles. The van der Waals surface area contributed by atoms with Crippen LogP contribution in [-0.4, -0.2) is 34.5 Å². The van der Waals surface area contributed by atoms with Crippen LogP contribution in [0.15, 0.2) is 22.6 Å². The van der Waals surface area contributed by atoms with Crippen LogP contribution in [0.4, 0.5) is 0 Å². The van der Waals surface area contributed by atoms with Crippen molar-refractivity contribution in [3.8, 4) is 0 Å². The van der Waals surface area contributed by atoms with E-state index in [-0.39, 0.29) is 11.9 Å². The highest BCUT2D eigenvalue weighted by Gasteiger charge is 2.31. The van der Waals surface area contributed by atoms with Gasteiger partial charge in [0.05, 0.1) is 6.04 Å². The van der Waals surface area contributed by atoms with Gasteiger partial charge in [0.25, 0.3) is 5.91 Å². The molecule has 2 fully saturated rings. The first kappa shape index (κ1) is 11.8. The van der Waals surface area contributed by atoms with Crippen LogP contribution in [0.5, 0.6) is 0 Å². The molecule has 1 saturated carbocycles. The number of hydrogen-bond acceptors (Lipinski definition) is 5. The molecule has 1 saturated heterocycles. The van der Waals surface area contributed by atoms with Crippen LogP contribution in [0.1, 0.15) is 35.0 Å². The highest BCUT2D eigenvalue weighted by molar-refractivity contribution is 7.99. The van der Waals surface area contributed by atoms with Gasteiger partial charge >= 0.3 is 0 Å². The molecule has 3 rings (SSSR count). The highest BCUT2D eigenvalue weighted by atomic mass is 32.2. The van der Waals surface area contributed by atoms with Crippen LogP contribution in [0, 0.1) is 0 Å². The van der Waals surface area contributed by atoms with E-state index < -0.39 is 0 Å². The van der Waals surface area contributed by atoms with Gasteiger partial charge in [-0.05, 0) is 18.2 Å². The lowest BCUT2D eigenvalue weighted by molar-refractivity contribution is 0.0892. The summed E-state index contributed by atoms with van der Waals surface area (Å²) in [5.74, 6) is 1.19. The Labute approximate surface area is 110 Å². The van der Waals surface area contributed by atoms with Gasteiger partial charge in [-0.25, -0.2) is 4.31 Å². The Balaban J connectivity index is 1.50. The summed E-state index contributed by atoms with van der Waals surface area (Å²) in [5.41, 5.74) is 0.395. The van der Waals surface area contributed by atoms with Gasteiger partial charge in [-0.2, -0.15) is 0 Å². The third-order valence-corrected chi connectivity index (χ3v) is 3.89. The Morgan fingerprint density at radius 1 is 1.61 bits per heavy atom. The van der Waals surface area contributed by atoms with E-state index in [1.165, 1.54) is 0 Å². The highest BCUT2D eigenvalue weighted by Crippen LogP contribution is 2.40. The fourth-order valence-corrected chi connectivity index (χ4v) is 2.68. The molecule has 96 valence electrons. The van der Waals surface area contributed by atoms with E-state index in [0.29, 0.717) is 11.6 Å². The summed E-state index contributed by atoms with van der Waals surface area (Å²) in [6.07, 6.45) is 2.29. The van der Waals surface area contributed by atoms with Crippen molar-refractivity contribution in [2.24, 2.45) is 0 Å². The van der Waals surface area contributed by atoms with Gasteiger partial charge < -0.3 is 9.84 Å². The first-order chi connectivity index (χ1) is 8.76. The van der Waals surface area contributed by atoms with Gasteiger partial charge in [0.15, 0.2) is 5.69 Å². The van der Waals surface area contributed by atoms with Gasteiger partial charge in [0.1, 0.15) is 5.76 Å². The van der Waals surface area contributed by atoms with Crippen molar-refractivity contribution in [1.82, 2.24) is 14.8 Å². The van der Waals surface area contributed by atoms with Crippen molar-refractivity contribution in [1.29, 1.82) is 0 Å². The summed E-state index contributed by atoms with van der Waals surface area (Å²) in [6.45, 7) is 5.34. The summed E-state index contributed by atoms with van der Waals surface area (Å²) < 4.78 is 7.30. The van der Waals surface area contributed by atoms with E-state index in [1.807, 2.05) is 0 Å². The van der Waals surface area contributed by atoms with Crippen molar-refractivity contribution >= 4 is 17.9 Å². The Hall–Kier alpha value is -1.27. The van der Waals surface area contributed by atoms with Crippen molar-refractivity contribution in [2.75, 3.05) is 13.1 Å². The molecule has 18 heavy (non-hydrogen) atoms. The summed E-state index contributed by atoms with van der Waals surface area (Å²) >= 11 is 1.57. The largest absolute Gasteiger partial charge is 0.360 e. The molecular formula is C12H15N3O2S. The van der Waals surface area contributed by atoms with Gasteiger partial charge in [-0.15, -0.1) is 0 Å². The van der Waals surface area contributed by atoms with Crippen LogP contribution < -0.4 is 5.32 Å². The number of rotatable bonds is 5. The number of aromatic nitrogens is 1. The predicted octanol–water partition coefficient (Wildman–Crippen LogP) is 1.76. The normalized spacial score (nSPS) is 20.4. The zero-order valence-electron chi connectivity index (χ0n) is 9.96. The molecule has 1 aromatic heterocycles.